The van der Waals surface area contributed by atoms with E-state index in [0.29, 0.717) is 4.34 Å². The molecule has 2 rings (SSSR count). The van der Waals surface area contributed by atoms with E-state index in [4.69, 9.17) is 5.11 Å². The molecule has 0 atom stereocenters. The van der Waals surface area contributed by atoms with Crippen molar-refractivity contribution in [3.8, 4) is 0 Å². The molecule has 2 heterocycles. The normalized spacial score (nSPS) is 10.2. The number of hydrogen-bond acceptors (Lipinski definition) is 7. The molecule has 0 radical (unpaired) electrons. The van der Waals surface area contributed by atoms with Gasteiger partial charge in [0.05, 0.1) is 5.75 Å². The fourth-order valence-electron chi connectivity index (χ4n) is 1.14. The molecule has 2 N–H and O–H groups in total. The molecule has 0 saturated carbocycles. The van der Waals surface area contributed by atoms with E-state index < -0.39 is 17.8 Å². The number of aliphatic carboxylic acids is 1. The van der Waals surface area contributed by atoms with Crippen LogP contribution in [-0.2, 0) is 4.79 Å². The predicted octanol–water partition coefficient (Wildman–Crippen LogP) is 1.50. The molecule has 0 bridgehead atoms. The standard InChI is InChI=1S/C10H7FN4O3S2/c11-6-3-1-2-5(12-6)8(18)13-9-14-15-10(20-9)19-4-7(16)17/h1-3H,4H2,(H,16,17)(H,13,14,18). The van der Waals surface area contributed by atoms with Crippen molar-refractivity contribution in [2.45, 2.75) is 4.34 Å². The molecule has 1 amide bonds. The van der Waals surface area contributed by atoms with Crippen molar-refractivity contribution in [3.63, 3.8) is 0 Å². The number of amides is 1. The van der Waals surface area contributed by atoms with Gasteiger partial charge in [0, 0.05) is 0 Å². The Morgan fingerprint density at radius 1 is 1.40 bits per heavy atom. The molecule has 0 saturated heterocycles. The highest BCUT2D eigenvalue weighted by molar-refractivity contribution is 8.01. The van der Waals surface area contributed by atoms with Crippen molar-refractivity contribution in [3.05, 3.63) is 29.8 Å². The number of hydrogen-bond donors (Lipinski definition) is 2. The van der Waals surface area contributed by atoms with Gasteiger partial charge in [0.1, 0.15) is 5.69 Å². The van der Waals surface area contributed by atoms with Crippen LogP contribution in [-0.4, -0.2) is 37.9 Å². The number of anilines is 1. The summed E-state index contributed by atoms with van der Waals surface area (Å²) in [6.45, 7) is 0. The van der Waals surface area contributed by atoms with Crippen LogP contribution >= 0.6 is 23.1 Å². The first kappa shape index (κ1) is 14.3. The molecule has 2 aromatic heterocycles. The quantitative estimate of drug-likeness (QED) is 0.489. The lowest BCUT2D eigenvalue weighted by atomic mass is 10.3. The van der Waals surface area contributed by atoms with E-state index in [2.05, 4.69) is 20.5 Å². The van der Waals surface area contributed by atoms with Gasteiger partial charge in [-0.3, -0.25) is 14.9 Å². The number of nitrogens with one attached hydrogen (secondary N) is 1. The number of thioether (sulfide) groups is 1. The third-order valence-electron chi connectivity index (χ3n) is 1.89. The molecule has 0 aromatic carbocycles. The zero-order chi connectivity index (χ0) is 14.5. The van der Waals surface area contributed by atoms with Gasteiger partial charge in [-0.15, -0.1) is 10.2 Å². The van der Waals surface area contributed by atoms with Crippen molar-refractivity contribution in [2.24, 2.45) is 0 Å². The Labute approximate surface area is 120 Å². The van der Waals surface area contributed by atoms with Crippen LogP contribution in [0.4, 0.5) is 9.52 Å². The van der Waals surface area contributed by atoms with Gasteiger partial charge < -0.3 is 5.11 Å². The summed E-state index contributed by atoms with van der Waals surface area (Å²) in [6, 6.07) is 3.85. The number of carbonyl (C=O) groups is 2. The summed E-state index contributed by atoms with van der Waals surface area (Å²) >= 11 is 2.02. The minimum Gasteiger partial charge on any atom is -0.481 e. The molecular formula is C10H7FN4O3S2. The first-order valence-corrected chi connectivity index (χ1v) is 6.97. The van der Waals surface area contributed by atoms with Crippen molar-refractivity contribution in [1.29, 1.82) is 0 Å². The second-order valence-electron chi connectivity index (χ2n) is 3.36. The minimum absolute atomic E-state index is 0.0834. The van der Waals surface area contributed by atoms with Gasteiger partial charge in [-0.2, -0.15) is 4.39 Å². The van der Waals surface area contributed by atoms with E-state index in [1.165, 1.54) is 12.1 Å². The van der Waals surface area contributed by atoms with Crippen LogP contribution < -0.4 is 5.32 Å². The maximum absolute atomic E-state index is 12.9. The van der Waals surface area contributed by atoms with Gasteiger partial charge in [0.25, 0.3) is 5.91 Å². The van der Waals surface area contributed by atoms with Crippen molar-refractivity contribution >= 4 is 40.1 Å². The minimum atomic E-state index is -0.972. The SMILES string of the molecule is O=C(O)CSc1nnc(NC(=O)c2cccc(F)n2)s1. The first-order valence-electron chi connectivity index (χ1n) is 5.16. The summed E-state index contributed by atoms with van der Waals surface area (Å²) in [5, 5.41) is 18.5. The Balaban J connectivity index is 1.99. The number of carboxylic acids is 1. The van der Waals surface area contributed by atoms with Crippen molar-refractivity contribution in [1.82, 2.24) is 15.2 Å². The first-order chi connectivity index (χ1) is 9.54. The average Bonchev–Trinajstić information content (AvgIpc) is 2.84. The van der Waals surface area contributed by atoms with Crippen molar-refractivity contribution in [2.75, 3.05) is 11.1 Å². The lowest BCUT2D eigenvalue weighted by Gasteiger charge is -1.99. The van der Waals surface area contributed by atoms with Gasteiger partial charge in [0.15, 0.2) is 4.34 Å². The topological polar surface area (TPSA) is 105 Å². The molecule has 0 spiro atoms. The Kier molecular flexibility index (Phi) is 4.58. The lowest BCUT2D eigenvalue weighted by Crippen LogP contribution is -2.13. The summed E-state index contributed by atoms with van der Waals surface area (Å²) in [6.07, 6.45) is 0. The van der Waals surface area contributed by atoms with Gasteiger partial charge in [-0.05, 0) is 12.1 Å². The fourth-order valence-corrected chi connectivity index (χ4v) is 2.61. The molecular weight excluding hydrogens is 307 g/mol. The van der Waals surface area contributed by atoms with E-state index in [-0.39, 0.29) is 16.6 Å². The smallest absolute Gasteiger partial charge is 0.313 e. The number of carboxylic acid groups (broad SMARTS) is 1. The van der Waals surface area contributed by atoms with Crippen LogP contribution in [0.1, 0.15) is 10.5 Å². The summed E-state index contributed by atoms with van der Waals surface area (Å²) in [7, 11) is 0. The van der Waals surface area contributed by atoms with Gasteiger partial charge in [-0.25, -0.2) is 4.98 Å². The van der Waals surface area contributed by atoms with Gasteiger partial charge >= 0.3 is 5.97 Å². The van der Waals surface area contributed by atoms with Crippen LogP contribution in [0.25, 0.3) is 0 Å². The number of aromatic nitrogens is 3. The average molecular weight is 314 g/mol. The highest BCUT2D eigenvalue weighted by atomic mass is 32.2. The van der Waals surface area contributed by atoms with Crippen LogP contribution in [0.3, 0.4) is 0 Å². The number of nitrogens with zero attached hydrogens (tertiary/aromatic N) is 3. The maximum atomic E-state index is 12.9. The number of rotatable bonds is 5. The van der Waals surface area contributed by atoms with E-state index >= 15 is 0 Å². The monoisotopic (exact) mass is 314 g/mol. The lowest BCUT2D eigenvalue weighted by molar-refractivity contribution is -0.133. The molecule has 0 aliphatic heterocycles. The molecule has 0 aliphatic carbocycles. The molecule has 0 fully saturated rings. The van der Waals surface area contributed by atoms with E-state index in [0.717, 1.165) is 29.2 Å². The fraction of sp³-hybridized carbons (Fsp3) is 0.100. The van der Waals surface area contributed by atoms with Gasteiger partial charge in [-0.1, -0.05) is 29.2 Å². The Bertz CT molecular complexity index is 649. The summed E-state index contributed by atoms with van der Waals surface area (Å²) in [5.74, 6) is -2.49. The number of halogens is 1. The van der Waals surface area contributed by atoms with Crippen LogP contribution in [0.15, 0.2) is 22.5 Å². The highest BCUT2D eigenvalue weighted by Gasteiger charge is 2.12. The Morgan fingerprint density at radius 3 is 2.90 bits per heavy atom. The Morgan fingerprint density at radius 2 is 2.20 bits per heavy atom. The summed E-state index contributed by atoms with van der Waals surface area (Å²) < 4.78 is 13.3. The van der Waals surface area contributed by atoms with Crippen LogP contribution in [0, 0.1) is 5.95 Å². The van der Waals surface area contributed by atoms with Crippen LogP contribution in [0.2, 0.25) is 0 Å². The highest BCUT2D eigenvalue weighted by Crippen LogP contribution is 2.25. The summed E-state index contributed by atoms with van der Waals surface area (Å²) in [5.41, 5.74) is -0.0834. The predicted molar refractivity (Wildman–Crippen MR) is 70.4 cm³/mol. The molecule has 2 aromatic rings. The molecule has 20 heavy (non-hydrogen) atoms. The molecule has 0 aliphatic rings. The third-order valence-corrected chi connectivity index (χ3v) is 3.85. The van der Waals surface area contributed by atoms with Crippen LogP contribution in [0.5, 0.6) is 0 Å². The van der Waals surface area contributed by atoms with E-state index in [1.54, 1.807) is 0 Å². The second kappa shape index (κ2) is 6.39. The molecule has 7 nitrogen and oxygen atoms in total. The number of pyridine rings is 1. The Hall–Kier alpha value is -2.07. The molecule has 10 heteroatoms. The third kappa shape index (κ3) is 3.96. The van der Waals surface area contributed by atoms with E-state index in [1.807, 2.05) is 0 Å². The van der Waals surface area contributed by atoms with Crippen molar-refractivity contribution < 1.29 is 19.1 Å². The largest absolute Gasteiger partial charge is 0.481 e. The second-order valence-corrected chi connectivity index (χ2v) is 5.56. The molecule has 0 unspecified atom stereocenters. The maximum Gasteiger partial charge on any atom is 0.313 e. The molecule has 104 valence electrons. The number of carbonyl (C=O) groups excluding carboxylic acids is 1. The van der Waals surface area contributed by atoms with E-state index in [9.17, 15) is 14.0 Å². The summed E-state index contributed by atoms with van der Waals surface area (Å²) in [4.78, 5) is 25.6. The van der Waals surface area contributed by atoms with Gasteiger partial charge in [0.2, 0.25) is 11.1 Å². The zero-order valence-corrected chi connectivity index (χ0v) is 11.4. The zero-order valence-electron chi connectivity index (χ0n) is 9.74.